The summed E-state index contributed by atoms with van der Waals surface area (Å²) in [5, 5.41) is 3.08. The number of hydrogen-bond donors (Lipinski definition) is 1. The Labute approximate surface area is 133 Å². The number of likely N-dealkylation sites (N-methyl/N-ethyl adjacent to an activating group) is 1. The van der Waals surface area contributed by atoms with Gasteiger partial charge in [-0.15, -0.1) is 0 Å². The molecule has 1 aromatic carbocycles. The van der Waals surface area contributed by atoms with Crippen molar-refractivity contribution in [3.05, 3.63) is 28.2 Å². The highest BCUT2D eigenvalue weighted by Crippen LogP contribution is 2.23. The second-order valence-electron chi connectivity index (χ2n) is 5.40. The molecule has 1 saturated heterocycles. The van der Waals surface area contributed by atoms with Gasteiger partial charge in [-0.05, 0) is 47.0 Å². The second kappa shape index (κ2) is 6.36. The van der Waals surface area contributed by atoms with Gasteiger partial charge in [0.1, 0.15) is 0 Å². The molecule has 0 saturated carbocycles. The first-order chi connectivity index (χ1) is 9.78. The number of sulfone groups is 1. The van der Waals surface area contributed by atoms with Crippen LogP contribution in [-0.4, -0.2) is 50.4 Å². The molecule has 1 fully saturated rings. The maximum Gasteiger partial charge on any atom is 0.241 e. The predicted octanol–water partition coefficient (Wildman–Crippen LogP) is 1.81. The van der Waals surface area contributed by atoms with E-state index in [4.69, 9.17) is 0 Å². The smallest absolute Gasteiger partial charge is 0.241 e. The molecule has 21 heavy (non-hydrogen) atoms. The fourth-order valence-electron chi connectivity index (χ4n) is 2.34. The van der Waals surface area contributed by atoms with Crippen molar-refractivity contribution in [3.63, 3.8) is 0 Å². The highest BCUT2D eigenvalue weighted by atomic mass is 79.9. The quantitative estimate of drug-likeness (QED) is 0.872. The predicted molar refractivity (Wildman–Crippen MR) is 87.2 cm³/mol. The van der Waals surface area contributed by atoms with Gasteiger partial charge < -0.3 is 10.2 Å². The number of halogens is 1. The Balaban J connectivity index is 1.92. The molecule has 0 bridgehead atoms. The molecule has 2 rings (SSSR count). The summed E-state index contributed by atoms with van der Waals surface area (Å²) in [6.07, 6.45) is 0.527. The summed E-state index contributed by atoms with van der Waals surface area (Å²) in [5.74, 6) is 0.139. The van der Waals surface area contributed by atoms with Crippen molar-refractivity contribution in [1.82, 2.24) is 4.90 Å². The van der Waals surface area contributed by atoms with Crippen LogP contribution in [0.3, 0.4) is 0 Å². The lowest BCUT2D eigenvalue weighted by Gasteiger charge is -2.23. The number of carbonyl (C=O) groups is 1. The van der Waals surface area contributed by atoms with Crippen molar-refractivity contribution < 1.29 is 13.2 Å². The molecule has 1 aliphatic rings. The molecule has 7 heteroatoms. The third kappa shape index (κ3) is 4.20. The maximum absolute atomic E-state index is 12.1. The van der Waals surface area contributed by atoms with Gasteiger partial charge >= 0.3 is 0 Å². The molecule has 1 heterocycles. The van der Waals surface area contributed by atoms with Gasteiger partial charge in [-0.1, -0.05) is 6.07 Å². The Morgan fingerprint density at radius 3 is 2.76 bits per heavy atom. The number of benzene rings is 1. The number of anilines is 1. The zero-order valence-electron chi connectivity index (χ0n) is 12.1. The molecule has 1 unspecified atom stereocenters. The molecule has 116 valence electrons. The van der Waals surface area contributed by atoms with Gasteiger partial charge in [-0.2, -0.15) is 0 Å². The van der Waals surface area contributed by atoms with Gasteiger partial charge in [0.15, 0.2) is 9.84 Å². The van der Waals surface area contributed by atoms with Gasteiger partial charge in [-0.25, -0.2) is 8.42 Å². The molecule has 0 radical (unpaired) electrons. The summed E-state index contributed by atoms with van der Waals surface area (Å²) in [6, 6.07) is 5.64. The van der Waals surface area contributed by atoms with Crippen LogP contribution in [0.25, 0.3) is 0 Å². The lowest BCUT2D eigenvalue weighted by molar-refractivity contribution is -0.129. The van der Waals surface area contributed by atoms with Gasteiger partial charge in [0.2, 0.25) is 5.91 Å². The van der Waals surface area contributed by atoms with Gasteiger partial charge in [0.25, 0.3) is 0 Å². The van der Waals surface area contributed by atoms with Crippen LogP contribution in [-0.2, 0) is 14.6 Å². The minimum absolute atomic E-state index is 0.0729. The summed E-state index contributed by atoms with van der Waals surface area (Å²) < 4.78 is 23.8. The molecule has 1 N–H and O–H groups in total. The van der Waals surface area contributed by atoms with Gasteiger partial charge in [0.05, 0.1) is 18.1 Å². The minimum atomic E-state index is -2.97. The number of hydrogen-bond acceptors (Lipinski definition) is 4. The maximum atomic E-state index is 12.1. The van der Waals surface area contributed by atoms with Crippen molar-refractivity contribution in [2.45, 2.75) is 19.4 Å². The lowest BCUT2D eigenvalue weighted by Crippen LogP contribution is -2.40. The summed E-state index contributed by atoms with van der Waals surface area (Å²) in [4.78, 5) is 13.7. The Morgan fingerprint density at radius 1 is 1.48 bits per heavy atom. The Hall–Kier alpha value is -1.08. The second-order valence-corrected chi connectivity index (χ2v) is 8.48. The van der Waals surface area contributed by atoms with Crippen molar-refractivity contribution in [3.8, 4) is 0 Å². The van der Waals surface area contributed by atoms with Crippen LogP contribution < -0.4 is 5.32 Å². The summed E-state index contributed by atoms with van der Waals surface area (Å²) in [6.45, 7) is 2.14. The van der Waals surface area contributed by atoms with E-state index in [1.807, 2.05) is 25.1 Å². The van der Waals surface area contributed by atoms with Crippen LogP contribution in [0.2, 0.25) is 0 Å². The molecule has 0 aliphatic carbocycles. The van der Waals surface area contributed by atoms with Crippen LogP contribution >= 0.6 is 15.9 Å². The Bertz CT molecular complexity index is 646. The SMILES string of the molecule is Cc1ccc(NCC(=O)N(C)C2CCS(=O)(=O)C2)c(Br)c1. The normalized spacial score (nSPS) is 20.2. The van der Waals surface area contributed by atoms with E-state index in [-0.39, 0.29) is 30.0 Å². The molecular weight excluding hydrogens is 356 g/mol. The number of carbonyl (C=O) groups excluding carboxylic acids is 1. The molecule has 1 aromatic rings. The van der Waals surface area contributed by atoms with Crippen molar-refractivity contribution in [2.24, 2.45) is 0 Å². The van der Waals surface area contributed by atoms with Gasteiger partial charge in [-0.3, -0.25) is 4.79 Å². The highest BCUT2D eigenvalue weighted by molar-refractivity contribution is 9.10. The first kappa shape index (κ1) is 16.3. The summed E-state index contributed by atoms with van der Waals surface area (Å²) in [7, 11) is -1.31. The number of rotatable bonds is 4. The van der Waals surface area contributed by atoms with Gasteiger partial charge in [0, 0.05) is 23.2 Å². The molecular formula is C14H19BrN2O3S. The van der Waals surface area contributed by atoms with E-state index in [1.165, 1.54) is 0 Å². The van der Waals surface area contributed by atoms with Crippen LogP contribution in [0.5, 0.6) is 0 Å². The van der Waals surface area contributed by atoms with E-state index in [2.05, 4.69) is 21.2 Å². The van der Waals surface area contributed by atoms with E-state index in [9.17, 15) is 13.2 Å². The van der Waals surface area contributed by atoms with E-state index >= 15 is 0 Å². The standard InChI is InChI=1S/C14H19BrN2O3S/c1-10-3-4-13(12(15)7-10)16-8-14(18)17(2)11-5-6-21(19,20)9-11/h3-4,7,11,16H,5-6,8-9H2,1-2H3. The van der Waals surface area contributed by atoms with Crippen LogP contribution in [0.15, 0.2) is 22.7 Å². The average molecular weight is 375 g/mol. The Morgan fingerprint density at radius 2 is 2.19 bits per heavy atom. The van der Waals surface area contributed by atoms with Crippen molar-refractivity contribution in [2.75, 3.05) is 30.4 Å². The lowest BCUT2D eigenvalue weighted by atomic mass is 10.2. The largest absolute Gasteiger partial charge is 0.375 e. The number of nitrogens with one attached hydrogen (secondary N) is 1. The minimum Gasteiger partial charge on any atom is -0.375 e. The van der Waals surface area contributed by atoms with Crippen LogP contribution in [0.1, 0.15) is 12.0 Å². The topological polar surface area (TPSA) is 66.5 Å². The fourth-order valence-corrected chi connectivity index (χ4v) is 4.75. The summed E-state index contributed by atoms with van der Waals surface area (Å²) in [5.41, 5.74) is 1.98. The molecule has 1 aliphatic heterocycles. The monoisotopic (exact) mass is 374 g/mol. The van der Waals surface area contributed by atoms with Crippen molar-refractivity contribution in [1.29, 1.82) is 0 Å². The average Bonchev–Trinajstić information content (AvgIpc) is 2.77. The molecule has 0 aromatic heterocycles. The third-order valence-electron chi connectivity index (χ3n) is 3.70. The van der Waals surface area contributed by atoms with E-state index in [0.29, 0.717) is 6.42 Å². The number of aryl methyl sites for hydroxylation is 1. The van der Waals surface area contributed by atoms with E-state index in [0.717, 1.165) is 15.7 Å². The third-order valence-corrected chi connectivity index (χ3v) is 6.11. The van der Waals surface area contributed by atoms with Crippen LogP contribution in [0.4, 0.5) is 5.69 Å². The number of nitrogens with zero attached hydrogens (tertiary/aromatic N) is 1. The number of amides is 1. The molecule has 0 spiro atoms. The molecule has 1 amide bonds. The van der Waals surface area contributed by atoms with Crippen molar-refractivity contribution >= 4 is 37.4 Å². The van der Waals surface area contributed by atoms with E-state index < -0.39 is 9.84 Å². The molecule has 1 atom stereocenters. The first-order valence-electron chi connectivity index (χ1n) is 6.74. The fraction of sp³-hybridized carbons (Fsp3) is 0.500. The summed E-state index contributed by atoms with van der Waals surface area (Å²) >= 11 is 3.45. The zero-order valence-corrected chi connectivity index (χ0v) is 14.5. The Kier molecular flexibility index (Phi) is 4.93. The molecule has 5 nitrogen and oxygen atoms in total. The zero-order chi connectivity index (χ0) is 15.6. The first-order valence-corrected chi connectivity index (χ1v) is 9.36. The highest BCUT2D eigenvalue weighted by Gasteiger charge is 2.32. The van der Waals surface area contributed by atoms with E-state index in [1.54, 1.807) is 11.9 Å². The van der Waals surface area contributed by atoms with Crippen LogP contribution in [0, 0.1) is 6.92 Å².